The molecule has 1 atom stereocenters. The van der Waals surface area contributed by atoms with Gasteiger partial charge < -0.3 is 14.4 Å². The van der Waals surface area contributed by atoms with Crippen LogP contribution in [-0.2, 0) is 6.54 Å². The molecule has 0 amide bonds. The average Bonchev–Trinajstić information content (AvgIpc) is 2.55. The van der Waals surface area contributed by atoms with Crippen LogP contribution in [0.2, 0.25) is 0 Å². The molecule has 0 bridgehead atoms. The van der Waals surface area contributed by atoms with Crippen molar-refractivity contribution >= 4 is 0 Å². The Hall–Kier alpha value is -2.00. The minimum Gasteiger partial charge on any atom is -0.485 e. The maximum atomic E-state index is 6.02. The summed E-state index contributed by atoms with van der Waals surface area (Å²) in [6, 6.07) is 16.4. The third-order valence-electron chi connectivity index (χ3n) is 3.85. The van der Waals surface area contributed by atoms with E-state index in [1.807, 2.05) is 24.3 Å². The zero-order valence-electron chi connectivity index (χ0n) is 12.6. The first-order valence-corrected chi connectivity index (χ1v) is 7.42. The Morgan fingerprint density at radius 3 is 2.48 bits per heavy atom. The van der Waals surface area contributed by atoms with Gasteiger partial charge in [0.2, 0.25) is 0 Å². The fraction of sp³-hybridized carbons (Fsp3) is 0.333. The Kier molecular flexibility index (Phi) is 4.11. The second-order valence-electron chi connectivity index (χ2n) is 5.44. The maximum absolute atomic E-state index is 6.02. The lowest BCUT2D eigenvalue weighted by molar-refractivity contribution is 0.0913. The predicted molar refractivity (Wildman–Crippen MR) is 83.8 cm³/mol. The lowest BCUT2D eigenvalue weighted by atomic mass is 10.1. The van der Waals surface area contributed by atoms with Gasteiger partial charge in [0, 0.05) is 6.54 Å². The van der Waals surface area contributed by atoms with Crippen LogP contribution in [0.25, 0.3) is 0 Å². The van der Waals surface area contributed by atoms with Crippen molar-refractivity contribution in [3.63, 3.8) is 0 Å². The Bertz CT molecular complexity index is 594. The second kappa shape index (κ2) is 6.19. The molecule has 1 unspecified atom stereocenters. The summed E-state index contributed by atoms with van der Waals surface area (Å²) in [4.78, 5) is 2.28. The topological polar surface area (TPSA) is 21.7 Å². The van der Waals surface area contributed by atoms with Crippen molar-refractivity contribution in [2.75, 3.05) is 20.2 Å². The lowest BCUT2D eigenvalue weighted by Gasteiger charge is -2.26. The molecule has 2 aromatic carbocycles. The number of benzene rings is 2. The number of nitrogens with zero attached hydrogens (tertiary/aromatic N) is 1. The Labute approximate surface area is 126 Å². The Morgan fingerprint density at radius 1 is 1.05 bits per heavy atom. The van der Waals surface area contributed by atoms with E-state index in [1.165, 1.54) is 5.56 Å². The van der Waals surface area contributed by atoms with Gasteiger partial charge in [-0.25, -0.2) is 0 Å². The van der Waals surface area contributed by atoms with Gasteiger partial charge in [-0.15, -0.1) is 0 Å². The SMILES string of the molecule is CCN(C)Cc1ccc(C2COc3ccccc3O2)cc1. The van der Waals surface area contributed by atoms with Crippen molar-refractivity contribution in [2.24, 2.45) is 0 Å². The molecular weight excluding hydrogens is 262 g/mol. The molecule has 3 heteroatoms. The highest BCUT2D eigenvalue weighted by molar-refractivity contribution is 5.41. The van der Waals surface area contributed by atoms with Crippen LogP contribution in [-0.4, -0.2) is 25.1 Å². The molecule has 0 saturated carbocycles. The molecule has 1 aliphatic heterocycles. The van der Waals surface area contributed by atoms with Crippen LogP contribution in [0.4, 0.5) is 0 Å². The zero-order valence-corrected chi connectivity index (χ0v) is 12.6. The Morgan fingerprint density at radius 2 is 1.76 bits per heavy atom. The van der Waals surface area contributed by atoms with E-state index in [-0.39, 0.29) is 6.10 Å². The van der Waals surface area contributed by atoms with Crippen LogP contribution >= 0.6 is 0 Å². The van der Waals surface area contributed by atoms with Gasteiger partial charge in [0.25, 0.3) is 0 Å². The molecule has 0 radical (unpaired) electrons. The van der Waals surface area contributed by atoms with E-state index in [9.17, 15) is 0 Å². The molecular formula is C18H21NO2. The lowest BCUT2D eigenvalue weighted by Crippen LogP contribution is -2.21. The van der Waals surface area contributed by atoms with Gasteiger partial charge in [-0.05, 0) is 36.9 Å². The van der Waals surface area contributed by atoms with Crippen molar-refractivity contribution in [2.45, 2.75) is 19.6 Å². The molecule has 0 saturated heterocycles. The summed E-state index contributed by atoms with van der Waals surface area (Å²) in [7, 11) is 2.13. The highest BCUT2D eigenvalue weighted by Crippen LogP contribution is 2.35. The molecule has 3 rings (SSSR count). The zero-order chi connectivity index (χ0) is 14.7. The van der Waals surface area contributed by atoms with Gasteiger partial charge in [0.1, 0.15) is 6.61 Å². The van der Waals surface area contributed by atoms with Gasteiger partial charge in [0.15, 0.2) is 17.6 Å². The van der Waals surface area contributed by atoms with E-state index >= 15 is 0 Å². The van der Waals surface area contributed by atoms with Gasteiger partial charge in [-0.2, -0.15) is 0 Å². The molecule has 3 nitrogen and oxygen atoms in total. The summed E-state index contributed by atoms with van der Waals surface area (Å²) in [5.41, 5.74) is 2.48. The highest BCUT2D eigenvalue weighted by atomic mass is 16.6. The van der Waals surface area contributed by atoms with Gasteiger partial charge >= 0.3 is 0 Å². The predicted octanol–water partition coefficient (Wildman–Crippen LogP) is 3.65. The summed E-state index contributed by atoms with van der Waals surface area (Å²) in [5.74, 6) is 1.65. The fourth-order valence-corrected chi connectivity index (χ4v) is 2.44. The number of hydrogen-bond donors (Lipinski definition) is 0. The van der Waals surface area contributed by atoms with Crippen molar-refractivity contribution in [3.8, 4) is 11.5 Å². The molecule has 2 aromatic rings. The van der Waals surface area contributed by atoms with E-state index in [0.717, 1.165) is 30.2 Å². The molecule has 0 spiro atoms. The molecule has 1 heterocycles. The summed E-state index contributed by atoms with van der Waals surface area (Å²) < 4.78 is 11.8. The monoisotopic (exact) mass is 283 g/mol. The van der Waals surface area contributed by atoms with Gasteiger partial charge in [0.05, 0.1) is 0 Å². The van der Waals surface area contributed by atoms with Crippen molar-refractivity contribution in [1.29, 1.82) is 0 Å². The normalized spacial score (nSPS) is 17.0. The molecule has 0 aliphatic carbocycles. The summed E-state index contributed by atoms with van der Waals surface area (Å²) in [6.45, 7) is 4.75. The standard InChI is InChI=1S/C18H21NO2/c1-3-19(2)12-14-8-10-15(11-9-14)18-13-20-16-6-4-5-7-17(16)21-18/h4-11,18H,3,12-13H2,1-2H3. The van der Waals surface area contributed by atoms with E-state index < -0.39 is 0 Å². The minimum absolute atomic E-state index is 0.0298. The van der Waals surface area contributed by atoms with Gasteiger partial charge in [-0.1, -0.05) is 43.3 Å². The molecule has 110 valence electrons. The number of hydrogen-bond acceptors (Lipinski definition) is 3. The van der Waals surface area contributed by atoms with Crippen molar-refractivity contribution < 1.29 is 9.47 Å². The summed E-state index contributed by atoms with van der Waals surface area (Å²) in [5, 5.41) is 0. The first-order valence-electron chi connectivity index (χ1n) is 7.42. The third-order valence-corrected chi connectivity index (χ3v) is 3.85. The minimum atomic E-state index is -0.0298. The highest BCUT2D eigenvalue weighted by Gasteiger charge is 2.21. The molecule has 0 aromatic heterocycles. The summed E-state index contributed by atoms with van der Waals surface area (Å²) in [6.07, 6.45) is -0.0298. The molecule has 0 N–H and O–H groups in total. The van der Waals surface area contributed by atoms with E-state index in [2.05, 4.69) is 43.1 Å². The van der Waals surface area contributed by atoms with Crippen LogP contribution in [0.1, 0.15) is 24.2 Å². The molecule has 1 aliphatic rings. The van der Waals surface area contributed by atoms with Crippen LogP contribution in [0, 0.1) is 0 Å². The second-order valence-corrected chi connectivity index (χ2v) is 5.44. The molecule has 21 heavy (non-hydrogen) atoms. The average molecular weight is 283 g/mol. The van der Waals surface area contributed by atoms with Gasteiger partial charge in [-0.3, -0.25) is 0 Å². The number of rotatable bonds is 4. The third kappa shape index (κ3) is 3.19. The first kappa shape index (κ1) is 14.0. The quantitative estimate of drug-likeness (QED) is 0.855. The van der Waals surface area contributed by atoms with Crippen molar-refractivity contribution in [3.05, 3.63) is 59.7 Å². The number of para-hydroxylation sites is 2. The summed E-state index contributed by atoms with van der Waals surface area (Å²) >= 11 is 0. The number of fused-ring (bicyclic) bond motifs is 1. The Balaban J connectivity index is 1.71. The van der Waals surface area contributed by atoms with E-state index in [4.69, 9.17) is 9.47 Å². The number of ether oxygens (including phenoxy) is 2. The van der Waals surface area contributed by atoms with Crippen molar-refractivity contribution in [1.82, 2.24) is 4.90 Å². The van der Waals surface area contributed by atoms with E-state index in [1.54, 1.807) is 0 Å². The largest absolute Gasteiger partial charge is 0.485 e. The van der Waals surface area contributed by atoms with E-state index in [0.29, 0.717) is 6.61 Å². The fourth-order valence-electron chi connectivity index (χ4n) is 2.44. The van der Waals surface area contributed by atoms with Crippen LogP contribution < -0.4 is 9.47 Å². The van der Waals surface area contributed by atoms with Crippen LogP contribution in [0.15, 0.2) is 48.5 Å². The van der Waals surface area contributed by atoms with Crippen LogP contribution in [0.3, 0.4) is 0 Å². The van der Waals surface area contributed by atoms with Crippen LogP contribution in [0.5, 0.6) is 11.5 Å². The smallest absolute Gasteiger partial charge is 0.162 e. The molecule has 0 fully saturated rings. The maximum Gasteiger partial charge on any atom is 0.162 e. The first-order chi connectivity index (χ1) is 10.3.